The van der Waals surface area contributed by atoms with E-state index in [-0.39, 0.29) is 29.4 Å². The summed E-state index contributed by atoms with van der Waals surface area (Å²) in [5.74, 6) is 0.315. The standard InChI is InChI=1S/C20H28N2O3/c1-14-12-22(13-15(2)25-14)18-6-4-3-5-17(18)21-19(23)16-11-20(16)7-9-24-10-8-20/h3-6,14-16H,7-13H2,1-2H3,(H,21,23). The highest BCUT2D eigenvalue weighted by Gasteiger charge is 2.58. The highest BCUT2D eigenvalue weighted by molar-refractivity contribution is 5.98. The normalized spacial score (nSPS) is 31.0. The van der Waals surface area contributed by atoms with Crippen LogP contribution in [0.4, 0.5) is 11.4 Å². The molecule has 0 radical (unpaired) electrons. The Labute approximate surface area is 149 Å². The zero-order chi connectivity index (χ0) is 17.4. The number of hydrogen-bond acceptors (Lipinski definition) is 4. The first-order chi connectivity index (χ1) is 12.1. The molecule has 3 aliphatic rings. The Morgan fingerprint density at radius 1 is 1.16 bits per heavy atom. The fourth-order valence-corrected chi connectivity index (χ4v) is 4.50. The molecule has 4 rings (SSSR count). The highest BCUT2D eigenvalue weighted by atomic mass is 16.5. The van der Waals surface area contributed by atoms with Crippen LogP contribution in [0, 0.1) is 11.3 Å². The number of hydrogen-bond donors (Lipinski definition) is 1. The molecule has 1 amide bonds. The summed E-state index contributed by atoms with van der Waals surface area (Å²) in [6, 6.07) is 8.13. The van der Waals surface area contributed by atoms with Gasteiger partial charge in [0.1, 0.15) is 0 Å². The van der Waals surface area contributed by atoms with Crippen molar-refractivity contribution in [1.29, 1.82) is 0 Å². The minimum absolute atomic E-state index is 0.145. The molecule has 1 spiro atoms. The Bertz CT molecular complexity index is 632. The summed E-state index contributed by atoms with van der Waals surface area (Å²) < 4.78 is 11.3. The SMILES string of the molecule is CC1CN(c2ccccc2NC(=O)C2CC23CCOCC3)CC(C)O1. The summed E-state index contributed by atoms with van der Waals surface area (Å²) in [6.07, 6.45) is 3.44. The van der Waals surface area contributed by atoms with Gasteiger partial charge in [0.2, 0.25) is 5.91 Å². The van der Waals surface area contributed by atoms with E-state index in [9.17, 15) is 4.79 Å². The molecular weight excluding hydrogens is 316 g/mol. The van der Waals surface area contributed by atoms with Crippen LogP contribution in [-0.2, 0) is 14.3 Å². The maximum atomic E-state index is 12.8. The van der Waals surface area contributed by atoms with Gasteiger partial charge in [-0.25, -0.2) is 0 Å². The topological polar surface area (TPSA) is 50.8 Å². The summed E-state index contributed by atoms with van der Waals surface area (Å²) in [5.41, 5.74) is 2.22. The van der Waals surface area contributed by atoms with Gasteiger partial charge in [-0.05, 0) is 50.7 Å². The van der Waals surface area contributed by atoms with Gasteiger partial charge in [-0.2, -0.15) is 0 Å². The molecular formula is C20H28N2O3. The number of carbonyl (C=O) groups excluding carboxylic acids is 1. The van der Waals surface area contributed by atoms with Crippen molar-refractivity contribution in [2.45, 2.75) is 45.3 Å². The van der Waals surface area contributed by atoms with Gasteiger partial charge in [0.25, 0.3) is 0 Å². The Kier molecular flexibility index (Phi) is 4.46. The quantitative estimate of drug-likeness (QED) is 0.916. The average Bonchev–Trinajstić information content (AvgIpc) is 3.28. The number of carbonyl (C=O) groups is 1. The summed E-state index contributed by atoms with van der Waals surface area (Å²) in [5, 5.41) is 3.21. The number of morpholine rings is 1. The number of nitrogens with one attached hydrogen (secondary N) is 1. The van der Waals surface area contributed by atoms with E-state index in [1.165, 1.54) is 0 Å². The van der Waals surface area contributed by atoms with E-state index in [0.29, 0.717) is 0 Å². The molecule has 5 nitrogen and oxygen atoms in total. The lowest BCUT2D eigenvalue weighted by Crippen LogP contribution is -2.45. The molecule has 2 aliphatic heterocycles. The number of benzene rings is 1. The second kappa shape index (κ2) is 6.61. The van der Waals surface area contributed by atoms with Gasteiger partial charge >= 0.3 is 0 Å². The molecule has 1 aromatic rings. The van der Waals surface area contributed by atoms with E-state index in [2.05, 4.69) is 30.1 Å². The first-order valence-corrected chi connectivity index (χ1v) is 9.45. The van der Waals surface area contributed by atoms with Gasteiger partial charge in [0.05, 0.1) is 23.6 Å². The minimum atomic E-state index is 0.145. The number of anilines is 2. The van der Waals surface area contributed by atoms with Gasteiger partial charge in [0, 0.05) is 32.2 Å². The van der Waals surface area contributed by atoms with Gasteiger partial charge in [-0.1, -0.05) is 12.1 Å². The van der Waals surface area contributed by atoms with Gasteiger partial charge < -0.3 is 19.7 Å². The Morgan fingerprint density at radius 2 is 1.84 bits per heavy atom. The predicted octanol–water partition coefficient (Wildman–Crippen LogP) is 3.06. The van der Waals surface area contributed by atoms with Gasteiger partial charge in [0.15, 0.2) is 0 Å². The van der Waals surface area contributed by atoms with Crippen molar-refractivity contribution < 1.29 is 14.3 Å². The molecule has 1 aliphatic carbocycles. The molecule has 2 heterocycles. The van der Waals surface area contributed by atoms with Crippen molar-refractivity contribution in [3.63, 3.8) is 0 Å². The van der Waals surface area contributed by atoms with Crippen LogP contribution in [0.1, 0.15) is 33.1 Å². The van der Waals surface area contributed by atoms with Crippen LogP contribution in [0.5, 0.6) is 0 Å². The third kappa shape index (κ3) is 3.40. The lowest BCUT2D eigenvalue weighted by atomic mass is 9.93. The highest BCUT2D eigenvalue weighted by Crippen LogP contribution is 2.59. The fourth-order valence-electron chi connectivity index (χ4n) is 4.50. The molecule has 1 aromatic carbocycles. The second-order valence-corrected chi connectivity index (χ2v) is 7.90. The number of rotatable bonds is 3. The molecule has 25 heavy (non-hydrogen) atoms. The maximum Gasteiger partial charge on any atom is 0.228 e. The zero-order valence-corrected chi connectivity index (χ0v) is 15.2. The maximum absolute atomic E-state index is 12.8. The number of amides is 1. The average molecular weight is 344 g/mol. The minimum Gasteiger partial charge on any atom is -0.381 e. The van der Waals surface area contributed by atoms with Crippen LogP contribution in [0.2, 0.25) is 0 Å². The second-order valence-electron chi connectivity index (χ2n) is 7.90. The van der Waals surface area contributed by atoms with Crippen LogP contribution in [0.3, 0.4) is 0 Å². The molecule has 3 fully saturated rings. The third-order valence-electron chi connectivity index (χ3n) is 5.92. The van der Waals surface area contributed by atoms with Crippen LogP contribution < -0.4 is 10.2 Å². The molecule has 3 unspecified atom stereocenters. The van der Waals surface area contributed by atoms with E-state index < -0.39 is 0 Å². The first-order valence-electron chi connectivity index (χ1n) is 9.45. The predicted molar refractivity (Wildman–Crippen MR) is 97.9 cm³/mol. The lowest BCUT2D eigenvalue weighted by Gasteiger charge is -2.37. The summed E-state index contributed by atoms with van der Waals surface area (Å²) >= 11 is 0. The third-order valence-corrected chi connectivity index (χ3v) is 5.92. The molecule has 5 heteroatoms. The fraction of sp³-hybridized carbons (Fsp3) is 0.650. The van der Waals surface area contributed by atoms with Crippen molar-refractivity contribution in [3.8, 4) is 0 Å². The Morgan fingerprint density at radius 3 is 2.56 bits per heavy atom. The first kappa shape index (κ1) is 16.9. The van der Waals surface area contributed by atoms with E-state index in [4.69, 9.17) is 9.47 Å². The van der Waals surface area contributed by atoms with E-state index in [1.54, 1.807) is 0 Å². The van der Waals surface area contributed by atoms with Crippen LogP contribution in [0.15, 0.2) is 24.3 Å². The summed E-state index contributed by atoms with van der Waals surface area (Å²) in [4.78, 5) is 15.1. The molecule has 2 saturated heterocycles. The van der Waals surface area contributed by atoms with Gasteiger partial charge in [-0.15, -0.1) is 0 Å². The van der Waals surface area contributed by atoms with Crippen LogP contribution in [0.25, 0.3) is 0 Å². The smallest absolute Gasteiger partial charge is 0.228 e. The van der Waals surface area contributed by atoms with Crippen molar-refractivity contribution >= 4 is 17.3 Å². The monoisotopic (exact) mass is 344 g/mol. The lowest BCUT2D eigenvalue weighted by molar-refractivity contribution is -0.118. The van der Waals surface area contributed by atoms with Crippen molar-refractivity contribution in [2.24, 2.45) is 11.3 Å². The van der Waals surface area contributed by atoms with Crippen LogP contribution >= 0.6 is 0 Å². The van der Waals surface area contributed by atoms with E-state index in [1.807, 2.05) is 18.2 Å². The molecule has 1 N–H and O–H groups in total. The van der Waals surface area contributed by atoms with Crippen LogP contribution in [-0.4, -0.2) is 44.4 Å². The Hall–Kier alpha value is -1.59. The number of ether oxygens (including phenoxy) is 2. The molecule has 136 valence electrons. The zero-order valence-electron chi connectivity index (χ0n) is 15.2. The summed E-state index contributed by atoms with van der Waals surface area (Å²) in [7, 11) is 0. The Balaban J connectivity index is 1.47. The van der Waals surface area contributed by atoms with Crippen molar-refractivity contribution in [1.82, 2.24) is 0 Å². The number of nitrogens with zero attached hydrogens (tertiary/aromatic N) is 1. The van der Waals surface area contributed by atoms with E-state index >= 15 is 0 Å². The molecule has 0 bridgehead atoms. The molecule has 1 saturated carbocycles. The molecule has 0 aromatic heterocycles. The van der Waals surface area contributed by atoms with Gasteiger partial charge in [-0.3, -0.25) is 4.79 Å². The van der Waals surface area contributed by atoms with Crippen molar-refractivity contribution in [3.05, 3.63) is 24.3 Å². The molecule has 3 atom stereocenters. The van der Waals surface area contributed by atoms with Crippen molar-refractivity contribution in [2.75, 3.05) is 36.5 Å². The summed E-state index contributed by atoms with van der Waals surface area (Å²) in [6.45, 7) is 7.49. The number of para-hydroxylation sites is 2. The largest absolute Gasteiger partial charge is 0.381 e. The van der Waals surface area contributed by atoms with E-state index in [0.717, 1.165) is 56.9 Å².